The number of nitrogens with one attached hydrogen (secondary N) is 2. The maximum atomic E-state index is 12.0. The molecule has 7 heteroatoms. The molecule has 1 aromatic rings. The first-order valence-corrected chi connectivity index (χ1v) is 8.23. The second kappa shape index (κ2) is 5.43. The van der Waals surface area contributed by atoms with Crippen LogP contribution in [0.25, 0.3) is 0 Å². The Morgan fingerprint density at radius 3 is 3.00 bits per heavy atom. The highest BCUT2D eigenvalue weighted by molar-refractivity contribution is 7.99. The zero-order valence-corrected chi connectivity index (χ0v) is 11.1. The van der Waals surface area contributed by atoms with Gasteiger partial charge in [-0.05, 0) is 24.7 Å². The maximum Gasteiger partial charge on any atom is 0.242 e. The summed E-state index contributed by atoms with van der Waals surface area (Å²) in [6.45, 7) is 0.314. The van der Waals surface area contributed by atoms with E-state index in [9.17, 15) is 8.42 Å². The summed E-state index contributed by atoms with van der Waals surface area (Å²) in [4.78, 5) is 3.12. The number of hydrogen-bond donors (Lipinski definition) is 3. The Morgan fingerprint density at radius 1 is 1.59 bits per heavy atom. The second-order valence-electron chi connectivity index (χ2n) is 4.10. The molecule has 1 aliphatic rings. The number of nitrogens with two attached hydrogens (primary N) is 1. The van der Waals surface area contributed by atoms with E-state index in [1.165, 1.54) is 6.20 Å². The molecule has 1 unspecified atom stereocenters. The molecule has 4 N–H and O–H groups in total. The normalized spacial score (nSPS) is 21.6. The molecule has 17 heavy (non-hydrogen) atoms. The van der Waals surface area contributed by atoms with Crippen LogP contribution in [0.1, 0.15) is 18.5 Å². The van der Waals surface area contributed by atoms with Crippen molar-refractivity contribution in [2.24, 2.45) is 5.73 Å². The number of thioether (sulfide) groups is 1. The van der Waals surface area contributed by atoms with Crippen molar-refractivity contribution in [2.75, 3.05) is 11.5 Å². The van der Waals surface area contributed by atoms with Gasteiger partial charge in [0.2, 0.25) is 10.0 Å². The average molecular weight is 275 g/mol. The second-order valence-corrected chi connectivity index (χ2v) is 6.96. The van der Waals surface area contributed by atoms with Crippen LogP contribution in [-0.4, -0.2) is 30.9 Å². The van der Waals surface area contributed by atoms with Crippen LogP contribution in [0, 0.1) is 0 Å². The topological polar surface area (TPSA) is 88.0 Å². The molecule has 5 nitrogen and oxygen atoms in total. The van der Waals surface area contributed by atoms with E-state index in [4.69, 9.17) is 5.73 Å². The van der Waals surface area contributed by atoms with E-state index in [1.807, 2.05) is 0 Å². The summed E-state index contributed by atoms with van der Waals surface area (Å²) >= 11 is 1.79. The van der Waals surface area contributed by atoms with Crippen molar-refractivity contribution in [3.8, 4) is 0 Å². The predicted octanol–water partition coefficient (Wildman–Crippen LogP) is 0.647. The highest BCUT2D eigenvalue weighted by Crippen LogP contribution is 2.19. The van der Waals surface area contributed by atoms with Crippen LogP contribution in [0.15, 0.2) is 17.2 Å². The Hall–Kier alpha value is -0.500. The van der Waals surface area contributed by atoms with Crippen LogP contribution in [0.4, 0.5) is 0 Å². The lowest BCUT2D eigenvalue weighted by atomic mass is 10.2. The molecule has 1 fully saturated rings. The van der Waals surface area contributed by atoms with Crippen LogP contribution in [-0.2, 0) is 16.6 Å². The molecule has 96 valence electrons. The van der Waals surface area contributed by atoms with Crippen LogP contribution in [0.5, 0.6) is 0 Å². The first kappa shape index (κ1) is 12.9. The Kier molecular flexibility index (Phi) is 4.13. The number of aromatic amines is 1. The van der Waals surface area contributed by atoms with Gasteiger partial charge in [-0.2, -0.15) is 11.8 Å². The van der Waals surface area contributed by atoms with E-state index in [0.29, 0.717) is 6.54 Å². The Morgan fingerprint density at radius 2 is 2.41 bits per heavy atom. The molecule has 1 aliphatic heterocycles. The lowest BCUT2D eigenvalue weighted by Gasteiger charge is -2.21. The average Bonchev–Trinajstić information content (AvgIpc) is 2.79. The van der Waals surface area contributed by atoms with Gasteiger partial charge in [0.05, 0.1) is 4.90 Å². The molecule has 0 bridgehead atoms. The minimum absolute atomic E-state index is 0.0509. The Labute approximate surface area is 106 Å². The van der Waals surface area contributed by atoms with Crippen LogP contribution in [0.2, 0.25) is 0 Å². The van der Waals surface area contributed by atoms with Crippen molar-refractivity contribution < 1.29 is 8.42 Å². The Balaban J connectivity index is 2.07. The van der Waals surface area contributed by atoms with Gasteiger partial charge in [0.1, 0.15) is 0 Å². The van der Waals surface area contributed by atoms with Crippen LogP contribution >= 0.6 is 11.8 Å². The van der Waals surface area contributed by atoms with E-state index in [1.54, 1.807) is 17.8 Å². The summed E-state index contributed by atoms with van der Waals surface area (Å²) in [6, 6.07) is 1.63. The van der Waals surface area contributed by atoms with Gasteiger partial charge in [0.25, 0.3) is 0 Å². The van der Waals surface area contributed by atoms with Gasteiger partial charge in [-0.3, -0.25) is 0 Å². The third kappa shape index (κ3) is 3.25. The van der Waals surface area contributed by atoms with E-state index < -0.39 is 10.0 Å². The summed E-state index contributed by atoms with van der Waals surface area (Å²) in [5.41, 5.74) is 6.17. The first-order chi connectivity index (χ1) is 8.12. The van der Waals surface area contributed by atoms with Crippen LogP contribution in [0.3, 0.4) is 0 Å². The summed E-state index contributed by atoms with van der Waals surface area (Å²) in [6.07, 6.45) is 3.47. The molecule has 1 atom stereocenters. The van der Waals surface area contributed by atoms with Crippen molar-refractivity contribution in [2.45, 2.75) is 30.3 Å². The van der Waals surface area contributed by atoms with E-state index >= 15 is 0 Å². The molecular weight excluding hydrogens is 258 g/mol. The predicted molar refractivity (Wildman–Crippen MR) is 69.4 cm³/mol. The molecule has 1 saturated heterocycles. The molecule has 0 aliphatic carbocycles. The van der Waals surface area contributed by atoms with Crippen molar-refractivity contribution in [3.63, 3.8) is 0 Å². The zero-order chi connectivity index (χ0) is 12.3. The number of hydrogen-bond acceptors (Lipinski definition) is 4. The van der Waals surface area contributed by atoms with Crippen molar-refractivity contribution >= 4 is 21.8 Å². The number of H-pyrrole nitrogens is 1. The minimum atomic E-state index is -3.40. The number of aromatic nitrogens is 1. The minimum Gasteiger partial charge on any atom is -0.363 e. The summed E-state index contributed by atoms with van der Waals surface area (Å²) in [7, 11) is -3.40. The van der Waals surface area contributed by atoms with Crippen molar-refractivity contribution in [3.05, 3.63) is 18.0 Å². The molecule has 2 heterocycles. The van der Waals surface area contributed by atoms with E-state index in [2.05, 4.69) is 9.71 Å². The maximum absolute atomic E-state index is 12.0. The fourth-order valence-corrected chi connectivity index (χ4v) is 4.28. The van der Waals surface area contributed by atoms with Gasteiger partial charge in [0.15, 0.2) is 0 Å². The molecule has 0 spiro atoms. The highest BCUT2D eigenvalue weighted by atomic mass is 32.2. The van der Waals surface area contributed by atoms with Crippen molar-refractivity contribution in [1.29, 1.82) is 0 Å². The lowest BCUT2D eigenvalue weighted by Crippen LogP contribution is -2.38. The summed E-state index contributed by atoms with van der Waals surface area (Å²) in [5, 5.41) is 0. The van der Waals surface area contributed by atoms with Gasteiger partial charge >= 0.3 is 0 Å². The quantitative estimate of drug-likeness (QED) is 0.753. The molecule has 0 saturated carbocycles. The standard InChI is InChI=1S/C10H17N3O2S2/c11-5-9-4-10(6-12-9)17(14,15)13-8-2-1-3-16-7-8/h4,6,8,12-13H,1-3,5,7,11H2. The molecular formula is C10H17N3O2S2. The van der Waals surface area contributed by atoms with Gasteiger partial charge in [-0.25, -0.2) is 13.1 Å². The highest BCUT2D eigenvalue weighted by Gasteiger charge is 2.22. The summed E-state index contributed by atoms with van der Waals surface area (Å²) in [5.74, 6) is 1.98. The molecule has 0 radical (unpaired) electrons. The molecule has 0 aromatic carbocycles. The Bertz CT molecular complexity index is 464. The van der Waals surface area contributed by atoms with E-state index in [0.717, 1.165) is 30.0 Å². The third-order valence-electron chi connectivity index (χ3n) is 2.73. The van der Waals surface area contributed by atoms with Crippen LogP contribution < -0.4 is 10.5 Å². The monoisotopic (exact) mass is 275 g/mol. The SMILES string of the molecule is NCc1cc(S(=O)(=O)NC2CCCSC2)c[nH]1. The van der Waals surface area contributed by atoms with Gasteiger partial charge in [-0.1, -0.05) is 0 Å². The summed E-state index contributed by atoms with van der Waals surface area (Å²) < 4.78 is 26.8. The third-order valence-corrected chi connectivity index (χ3v) is 5.44. The number of rotatable bonds is 4. The van der Waals surface area contributed by atoms with Gasteiger partial charge < -0.3 is 10.7 Å². The molecule has 0 amide bonds. The first-order valence-electron chi connectivity index (χ1n) is 5.59. The fourth-order valence-electron chi connectivity index (χ4n) is 1.81. The zero-order valence-electron chi connectivity index (χ0n) is 9.48. The fraction of sp³-hybridized carbons (Fsp3) is 0.600. The smallest absolute Gasteiger partial charge is 0.242 e. The van der Waals surface area contributed by atoms with E-state index in [-0.39, 0.29) is 10.9 Å². The molecule has 1 aromatic heterocycles. The largest absolute Gasteiger partial charge is 0.363 e. The van der Waals surface area contributed by atoms with Gasteiger partial charge in [-0.15, -0.1) is 0 Å². The number of sulfonamides is 1. The molecule has 2 rings (SSSR count). The van der Waals surface area contributed by atoms with Crippen molar-refractivity contribution in [1.82, 2.24) is 9.71 Å². The lowest BCUT2D eigenvalue weighted by molar-refractivity contribution is 0.543. The van der Waals surface area contributed by atoms with Gasteiger partial charge in [0, 0.05) is 30.2 Å².